The SMILES string of the molecule is CC(CCc1ccccc1)NC(=O)NCCNC(=O)c1ccccc1F. The van der Waals surface area contributed by atoms with Crippen LogP contribution in [0.15, 0.2) is 54.6 Å². The molecule has 2 aromatic rings. The molecule has 3 amide bonds. The van der Waals surface area contributed by atoms with Crippen molar-refractivity contribution in [3.63, 3.8) is 0 Å². The molecular formula is C20H24FN3O2. The van der Waals surface area contributed by atoms with Crippen LogP contribution in [-0.2, 0) is 6.42 Å². The molecule has 0 spiro atoms. The minimum atomic E-state index is -0.567. The molecule has 0 aliphatic carbocycles. The third kappa shape index (κ3) is 6.55. The van der Waals surface area contributed by atoms with Crippen LogP contribution in [-0.4, -0.2) is 31.1 Å². The zero-order chi connectivity index (χ0) is 18.8. The Kier molecular flexibility index (Phi) is 7.61. The fourth-order valence-corrected chi connectivity index (χ4v) is 2.47. The van der Waals surface area contributed by atoms with Gasteiger partial charge >= 0.3 is 6.03 Å². The summed E-state index contributed by atoms with van der Waals surface area (Å²) in [4.78, 5) is 23.7. The Morgan fingerprint density at radius 1 is 0.962 bits per heavy atom. The van der Waals surface area contributed by atoms with Crippen molar-refractivity contribution >= 4 is 11.9 Å². The molecule has 0 aliphatic heterocycles. The molecule has 5 nitrogen and oxygen atoms in total. The maximum atomic E-state index is 13.5. The zero-order valence-electron chi connectivity index (χ0n) is 14.8. The minimum Gasteiger partial charge on any atom is -0.350 e. The molecule has 2 rings (SSSR count). The number of benzene rings is 2. The molecule has 1 atom stereocenters. The molecule has 26 heavy (non-hydrogen) atoms. The fourth-order valence-electron chi connectivity index (χ4n) is 2.47. The van der Waals surface area contributed by atoms with Crippen LogP contribution in [0.5, 0.6) is 0 Å². The Bertz CT molecular complexity index is 722. The summed E-state index contributed by atoms with van der Waals surface area (Å²) in [7, 11) is 0. The summed E-state index contributed by atoms with van der Waals surface area (Å²) in [6.45, 7) is 2.43. The summed E-state index contributed by atoms with van der Waals surface area (Å²) >= 11 is 0. The molecule has 2 aromatic carbocycles. The van der Waals surface area contributed by atoms with Crippen LogP contribution >= 0.6 is 0 Å². The molecule has 0 aromatic heterocycles. The highest BCUT2D eigenvalue weighted by atomic mass is 19.1. The molecule has 0 aliphatic rings. The number of carbonyl (C=O) groups excluding carboxylic acids is 2. The van der Waals surface area contributed by atoms with Crippen molar-refractivity contribution in [2.45, 2.75) is 25.8 Å². The van der Waals surface area contributed by atoms with Crippen molar-refractivity contribution in [2.24, 2.45) is 0 Å². The minimum absolute atomic E-state index is 0.00788. The van der Waals surface area contributed by atoms with Gasteiger partial charge < -0.3 is 16.0 Å². The van der Waals surface area contributed by atoms with Crippen LogP contribution in [0.3, 0.4) is 0 Å². The molecule has 0 fully saturated rings. The lowest BCUT2D eigenvalue weighted by molar-refractivity contribution is 0.0949. The molecule has 0 saturated heterocycles. The second-order valence-corrected chi connectivity index (χ2v) is 6.06. The van der Waals surface area contributed by atoms with Crippen LogP contribution in [0.1, 0.15) is 29.3 Å². The van der Waals surface area contributed by atoms with Crippen LogP contribution in [0, 0.1) is 5.82 Å². The first kappa shape index (κ1) is 19.4. The summed E-state index contributed by atoms with van der Waals surface area (Å²) < 4.78 is 13.5. The van der Waals surface area contributed by atoms with Gasteiger partial charge in [0.1, 0.15) is 5.82 Å². The predicted molar refractivity (Wildman–Crippen MR) is 99.5 cm³/mol. The van der Waals surface area contributed by atoms with Gasteiger partial charge in [0.15, 0.2) is 0 Å². The summed E-state index contributed by atoms with van der Waals surface area (Å²) in [6.07, 6.45) is 1.72. The molecule has 3 N–H and O–H groups in total. The lowest BCUT2D eigenvalue weighted by atomic mass is 10.1. The van der Waals surface area contributed by atoms with Crippen molar-refractivity contribution in [2.75, 3.05) is 13.1 Å². The molecular weight excluding hydrogens is 333 g/mol. The Hall–Kier alpha value is -2.89. The van der Waals surface area contributed by atoms with Gasteiger partial charge in [-0.1, -0.05) is 42.5 Å². The van der Waals surface area contributed by atoms with Gasteiger partial charge in [0.25, 0.3) is 5.91 Å². The smallest absolute Gasteiger partial charge is 0.315 e. The summed E-state index contributed by atoms with van der Waals surface area (Å²) in [5.41, 5.74) is 1.23. The standard InChI is InChI=1S/C20H24FN3O2/c1-15(11-12-16-7-3-2-4-8-16)24-20(26)23-14-13-22-19(25)17-9-5-6-10-18(17)21/h2-10,15H,11-14H2,1H3,(H,22,25)(H2,23,24,26). The number of amides is 3. The van der Waals surface area contributed by atoms with Gasteiger partial charge in [-0.05, 0) is 37.5 Å². The first-order valence-corrected chi connectivity index (χ1v) is 8.67. The summed E-state index contributed by atoms with van der Waals surface area (Å²) in [6, 6.07) is 15.6. The number of nitrogens with one attached hydrogen (secondary N) is 3. The van der Waals surface area contributed by atoms with Crippen molar-refractivity contribution < 1.29 is 14.0 Å². The number of aryl methyl sites for hydroxylation is 1. The van der Waals surface area contributed by atoms with Gasteiger partial charge in [-0.15, -0.1) is 0 Å². The predicted octanol–water partition coefficient (Wildman–Crippen LogP) is 2.88. The number of rotatable bonds is 8. The normalized spacial score (nSPS) is 11.5. The second-order valence-electron chi connectivity index (χ2n) is 6.06. The number of hydrogen-bond donors (Lipinski definition) is 3. The highest BCUT2D eigenvalue weighted by Crippen LogP contribution is 2.06. The van der Waals surface area contributed by atoms with Crippen LogP contribution < -0.4 is 16.0 Å². The van der Waals surface area contributed by atoms with Gasteiger partial charge in [-0.2, -0.15) is 0 Å². The monoisotopic (exact) mass is 357 g/mol. The Labute approximate surface area is 153 Å². The molecule has 0 heterocycles. The molecule has 0 radical (unpaired) electrons. The quantitative estimate of drug-likeness (QED) is 0.636. The maximum Gasteiger partial charge on any atom is 0.315 e. The highest BCUT2D eigenvalue weighted by Gasteiger charge is 2.10. The third-order valence-corrected chi connectivity index (χ3v) is 3.90. The van der Waals surface area contributed by atoms with Gasteiger partial charge in [-0.3, -0.25) is 4.79 Å². The van der Waals surface area contributed by atoms with Crippen molar-refractivity contribution in [3.8, 4) is 0 Å². The van der Waals surface area contributed by atoms with Gasteiger partial charge in [0, 0.05) is 19.1 Å². The first-order valence-electron chi connectivity index (χ1n) is 8.67. The Morgan fingerprint density at radius 3 is 2.35 bits per heavy atom. The molecule has 6 heteroatoms. The lowest BCUT2D eigenvalue weighted by Gasteiger charge is -2.15. The maximum absolute atomic E-state index is 13.5. The number of hydrogen-bond acceptors (Lipinski definition) is 2. The second kappa shape index (κ2) is 10.2. The van der Waals surface area contributed by atoms with E-state index in [4.69, 9.17) is 0 Å². The van der Waals surface area contributed by atoms with Crippen molar-refractivity contribution in [3.05, 3.63) is 71.5 Å². The molecule has 1 unspecified atom stereocenters. The van der Waals surface area contributed by atoms with Gasteiger partial charge in [0.05, 0.1) is 5.56 Å². The van der Waals surface area contributed by atoms with Crippen molar-refractivity contribution in [1.29, 1.82) is 0 Å². The Balaban J connectivity index is 1.61. The van der Waals surface area contributed by atoms with E-state index in [0.717, 1.165) is 12.8 Å². The van der Waals surface area contributed by atoms with E-state index in [1.165, 1.54) is 23.8 Å². The van der Waals surface area contributed by atoms with Crippen LogP contribution in [0.25, 0.3) is 0 Å². The van der Waals surface area contributed by atoms with E-state index in [0.29, 0.717) is 0 Å². The first-order chi connectivity index (χ1) is 12.6. The van der Waals surface area contributed by atoms with E-state index in [2.05, 4.69) is 28.1 Å². The topological polar surface area (TPSA) is 70.2 Å². The van der Waals surface area contributed by atoms with Gasteiger partial charge in [-0.25, -0.2) is 9.18 Å². The largest absolute Gasteiger partial charge is 0.350 e. The molecule has 0 bridgehead atoms. The van der Waals surface area contributed by atoms with E-state index < -0.39 is 11.7 Å². The number of urea groups is 1. The average Bonchev–Trinajstić information content (AvgIpc) is 2.64. The molecule has 138 valence electrons. The van der Waals surface area contributed by atoms with Crippen LogP contribution in [0.4, 0.5) is 9.18 Å². The van der Waals surface area contributed by atoms with E-state index >= 15 is 0 Å². The van der Waals surface area contributed by atoms with Crippen LogP contribution in [0.2, 0.25) is 0 Å². The molecule has 0 saturated carbocycles. The Morgan fingerprint density at radius 2 is 1.62 bits per heavy atom. The average molecular weight is 357 g/mol. The van der Waals surface area contributed by atoms with Gasteiger partial charge in [0.2, 0.25) is 0 Å². The fraction of sp³-hybridized carbons (Fsp3) is 0.300. The number of carbonyl (C=O) groups is 2. The summed E-state index contributed by atoms with van der Waals surface area (Å²) in [5.74, 6) is -1.07. The van der Waals surface area contributed by atoms with Crippen molar-refractivity contribution in [1.82, 2.24) is 16.0 Å². The third-order valence-electron chi connectivity index (χ3n) is 3.90. The van der Waals surface area contributed by atoms with E-state index in [9.17, 15) is 14.0 Å². The number of halogens is 1. The summed E-state index contributed by atoms with van der Waals surface area (Å²) in [5, 5.41) is 8.10. The van der Waals surface area contributed by atoms with E-state index in [-0.39, 0.29) is 30.7 Å². The van der Waals surface area contributed by atoms with E-state index in [1.54, 1.807) is 6.07 Å². The lowest BCUT2D eigenvalue weighted by Crippen LogP contribution is -2.43. The highest BCUT2D eigenvalue weighted by molar-refractivity contribution is 5.94. The van der Waals surface area contributed by atoms with E-state index in [1.807, 2.05) is 25.1 Å². The zero-order valence-corrected chi connectivity index (χ0v) is 14.8.